The van der Waals surface area contributed by atoms with Gasteiger partial charge in [-0.1, -0.05) is 20.8 Å². The van der Waals surface area contributed by atoms with E-state index in [-0.39, 0.29) is 94.6 Å². The Labute approximate surface area is 225 Å². The zero-order valence-corrected chi connectivity index (χ0v) is 20.4. The molecule has 0 unspecified atom stereocenters. The molecule has 4 aliphatic carbocycles. The molecule has 0 bridgehead atoms. The van der Waals surface area contributed by atoms with E-state index in [1.54, 1.807) is 0 Å². The molecule has 34 heavy (non-hydrogen) atoms. The van der Waals surface area contributed by atoms with Crippen molar-refractivity contribution in [2.45, 2.75) is 96.9 Å². The maximum atomic E-state index is 12.0. The van der Waals surface area contributed by atoms with Gasteiger partial charge in [0.15, 0.2) is 0 Å². The number of aliphatic carboxylic acids is 1. The summed E-state index contributed by atoms with van der Waals surface area (Å²) in [5.74, 6) is 0.265. The number of nitrogens with one attached hydrogen (secondary N) is 1. The van der Waals surface area contributed by atoms with Crippen molar-refractivity contribution in [2.24, 2.45) is 46.3 Å². The van der Waals surface area contributed by atoms with E-state index in [2.05, 4.69) is 26.1 Å². The third kappa shape index (κ3) is 4.87. The Morgan fingerprint density at radius 3 is 2.41 bits per heavy atom. The van der Waals surface area contributed by atoms with Crippen molar-refractivity contribution in [1.29, 1.82) is 0 Å². The van der Waals surface area contributed by atoms with Crippen molar-refractivity contribution >= 4 is 41.4 Å². The molecular formula is C26H44NNaO6. The van der Waals surface area contributed by atoms with Gasteiger partial charge in [0.05, 0.1) is 18.3 Å². The van der Waals surface area contributed by atoms with Crippen LogP contribution in [0, 0.1) is 46.3 Å². The molecule has 4 rings (SSSR count). The van der Waals surface area contributed by atoms with Crippen LogP contribution in [-0.2, 0) is 9.59 Å². The van der Waals surface area contributed by atoms with Gasteiger partial charge in [0.2, 0.25) is 5.91 Å². The molecule has 190 valence electrons. The second-order valence-electron chi connectivity index (χ2n) is 12.2. The number of carbonyl (C=O) groups is 2. The van der Waals surface area contributed by atoms with Crippen LogP contribution in [0.2, 0.25) is 0 Å². The van der Waals surface area contributed by atoms with E-state index >= 15 is 0 Å². The Bertz CT molecular complexity index is 766. The van der Waals surface area contributed by atoms with E-state index in [1.165, 1.54) is 0 Å². The molecule has 0 spiro atoms. The van der Waals surface area contributed by atoms with Gasteiger partial charge in [-0.3, -0.25) is 9.59 Å². The summed E-state index contributed by atoms with van der Waals surface area (Å²) in [6.07, 6.45) is 5.86. The SMILES string of the molecule is C[C@H](CCC(=O)NCC(=O)O)[C@H]1CC[C@H]2[C@@H]3[C@H](O)C[C@@H]4C[C@H](O)CC[C@]4(C)[C@H]3C[C@H](O)[C@]12C.[NaH]. The topological polar surface area (TPSA) is 127 Å². The minimum atomic E-state index is -1.04. The van der Waals surface area contributed by atoms with Crippen LogP contribution in [0.3, 0.4) is 0 Å². The number of carboxylic acids is 1. The Hall–Kier alpha value is -0.180. The van der Waals surface area contributed by atoms with Crippen LogP contribution in [0.15, 0.2) is 0 Å². The first-order valence-electron chi connectivity index (χ1n) is 13.0. The molecule has 0 aromatic rings. The molecule has 0 aromatic carbocycles. The number of carboxylic acid groups (broad SMARTS) is 1. The quantitative estimate of drug-likeness (QED) is 0.363. The van der Waals surface area contributed by atoms with Gasteiger partial charge in [0.1, 0.15) is 6.54 Å². The molecule has 8 heteroatoms. The molecule has 11 atom stereocenters. The average molecular weight is 490 g/mol. The normalized spacial score (nSPS) is 46.3. The van der Waals surface area contributed by atoms with Crippen LogP contribution in [-0.4, -0.2) is 86.7 Å². The number of fused-ring (bicyclic) bond motifs is 5. The number of aliphatic hydroxyl groups is 3. The molecule has 4 aliphatic rings. The number of amides is 1. The number of aliphatic hydroxyl groups excluding tert-OH is 3. The fourth-order valence-corrected chi connectivity index (χ4v) is 8.95. The zero-order chi connectivity index (χ0) is 24.1. The Morgan fingerprint density at radius 1 is 1.03 bits per heavy atom. The Balaban J connectivity index is 0.00000324. The number of hydrogen-bond acceptors (Lipinski definition) is 5. The van der Waals surface area contributed by atoms with E-state index < -0.39 is 12.1 Å². The molecule has 0 saturated heterocycles. The summed E-state index contributed by atoms with van der Waals surface area (Å²) in [5, 5.41) is 44.4. The summed E-state index contributed by atoms with van der Waals surface area (Å²) in [7, 11) is 0. The maximum absolute atomic E-state index is 12.0. The molecule has 0 aromatic heterocycles. The van der Waals surface area contributed by atoms with Crippen LogP contribution in [0.1, 0.15) is 78.6 Å². The van der Waals surface area contributed by atoms with Gasteiger partial charge in [-0.2, -0.15) is 0 Å². The molecule has 0 heterocycles. The van der Waals surface area contributed by atoms with Crippen molar-refractivity contribution in [3.8, 4) is 0 Å². The number of hydrogen-bond donors (Lipinski definition) is 5. The molecule has 4 fully saturated rings. The fourth-order valence-electron chi connectivity index (χ4n) is 8.95. The van der Waals surface area contributed by atoms with Crippen LogP contribution in [0.4, 0.5) is 0 Å². The van der Waals surface area contributed by atoms with E-state index in [4.69, 9.17) is 5.11 Å². The second kappa shape index (κ2) is 10.7. The molecule has 0 radical (unpaired) electrons. The molecule has 7 nitrogen and oxygen atoms in total. The summed E-state index contributed by atoms with van der Waals surface area (Å²) in [6, 6.07) is 0. The van der Waals surface area contributed by atoms with Crippen molar-refractivity contribution in [1.82, 2.24) is 5.32 Å². The minimum absolute atomic E-state index is 0. The van der Waals surface area contributed by atoms with Crippen LogP contribution >= 0.6 is 0 Å². The van der Waals surface area contributed by atoms with Crippen molar-refractivity contribution < 1.29 is 30.0 Å². The zero-order valence-electron chi connectivity index (χ0n) is 20.4. The summed E-state index contributed by atoms with van der Waals surface area (Å²) < 4.78 is 0. The van der Waals surface area contributed by atoms with Gasteiger partial charge in [-0.15, -0.1) is 0 Å². The first-order chi connectivity index (χ1) is 15.5. The van der Waals surface area contributed by atoms with E-state index in [9.17, 15) is 24.9 Å². The van der Waals surface area contributed by atoms with E-state index in [0.29, 0.717) is 25.2 Å². The molecular weight excluding hydrogens is 445 g/mol. The molecule has 5 N–H and O–H groups in total. The molecule has 4 saturated carbocycles. The first kappa shape index (κ1) is 28.4. The molecule has 0 aliphatic heterocycles. The van der Waals surface area contributed by atoms with Gasteiger partial charge in [-0.25, -0.2) is 0 Å². The summed E-state index contributed by atoms with van der Waals surface area (Å²) in [5.41, 5.74) is -0.214. The molecule has 1 amide bonds. The van der Waals surface area contributed by atoms with Gasteiger partial charge in [-0.05, 0) is 97.7 Å². The predicted molar refractivity (Wildman–Crippen MR) is 130 cm³/mol. The van der Waals surface area contributed by atoms with Gasteiger partial charge < -0.3 is 25.7 Å². The monoisotopic (exact) mass is 489 g/mol. The summed E-state index contributed by atoms with van der Waals surface area (Å²) in [4.78, 5) is 22.7. The number of rotatable bonds is 6. The van der Waals surface area contributed by atoms with Crippen LogP contribution in [0.5, 0.6) is 0 Å². The third-order valence-electron chi connectivity index (χ3n) is 10.8. The predicted octanol–water partition coefficient (Wildman–Crippen LogP) is 1.92. The Morgan fingerprint density at radius 2 is 1.74 bits per heavy atom. The third-order valence-corrected chi connectivity index (χ3v) is 10.8. The van der Waals surface area contributed by atoms with E-state index in [1.807, 2.05) is 0 Å². The summed E-state index contributed by atoms with van der Waals surface area (Å²) >= 11 is 0. The summed E-state index contributed by atoms with van der Waals surface area (Å²) in [6.45, 7) is 6.35. The number of carbonyl (C=O) groups excluding carboxylic acids is 1. The van der Waals surface area contributed by atoms with E-state index in [0.717, 1.165) is 38.5 Å². The Kier molecular flexibility index (Phi) is 8.91. The second-order valence-corrected chi connectivity index (χ2v) is 12.2. The van der Waals surface area contributed by atoms with Gasteiger partial charge in [0, 0.05) is 6.42 Å². The van der Waals surface area contributed by atoms with Crippen LogP contribution in [0.25, 0.3) is 0 Å². The van der Waals surface area contributed by atoms with Crippen molar-refractivity contribution in [3.63, 3.8) is 0 Å². The fraction of sp³-hybridized carbons (Fsp3) is 0.923. The standard InChI is InChI=1S/C26H43NO6.Na.H/c1-14(4-7-22(31)27-13-23(32)33)17-5-6-18-24-19(12-21(30)26(17,18)3)25(2)9-8-16(28)10-15(25)11-20(24)29;;/h14-21,24,28-30H,4-13H2,1-3H3,(H,27,31)(H,32,33);;/t14-,15+,16-,17-,18+,19+,20-,21+,24+,25+,26-;;/m1../s1. The first-order valence-corrected chi connectivity index (χ1v) is 13.0. The van der Waals surface area contributed by atoms with Crippen molar-refractivity contribution in [3.05, 3.63) is 0 Å². The van der Waals surface area contributed by atoms with Crippen LogP contribution < -0.4 is 5.32 Å². The van der Waals surface area contributed by atoms with Gasteiger partial charge in [0.25, 0.3) is 0 Å². The average Bonchev–Trinajstić information content (AvgIpc) is 3.11. The van der Waals surface area contributed by atoms with Crippen molar-refractivity contribution in [2.75, 3.05) is 6.54 Å². The van der Waals surface area contributed by atoms with Gasteiger partial charge >= 0.3 is 35.5 Å².